The summed E-state index contributed by atoms with van der Waals surface area (Å²) in [6, 6.07) is 13.2. The van der Waals surface area contributed by atoms with E-state index >= 15 is 0 Å². The molecule has 2 rings (SSSR count). The van der Waals surface area contributed by atoms with Gasteiger partial charge in [-0.3, -0.25) is 0 Å². The summed E-state index contributed by atoms with van der Waals surface area (Å²) in [6.07, 6.45) is 0. The lowest BCUT2D eigenvalue weighted by Gasteiger charge is -2.29. The number of rotatable bonds is 4. The third-order valence-corrected chi connectivity index (χ3v) is 6.67. The maximum Gasteiger partial charge on any atom is 0.286 e. The van der Waals surface area contributed by atoms with Crippen LogP contribution in [0, 0.1) is 0 Å². The van der Waals surface area contributed by atoms with E-state index in [2.05, 4.69) is 119 Å². The molecule has 0 spiro atoms. The van der Waals surface area contributed by atoms with Crippen LogP contribution in [0.2, 0.25) is 0 Å². The first-order valence-electron chi connectivity index (χ1n) is 11.7. The highest BCUT2D eigenvalue weighted by Gasteiger charge is 2.27. The molecule has 0 amide bonds. The Morgan fingerprint density at radius 1 is 0.500 bits per heavy atom. The van der Waals surface area contributed by atoms with Gasteiger partial charge in [0.2, 0.25) is 0 Å². The van der Waals surface area contributed by atoms with E-state index in [0.29, 0.717) is 0 Å². The maximum absolute atomic E-state index is 6.45. The van der Waals surface area contributed by atoms with E-state index in [-0.39, 0.29) is 21.7 Å². The van der Waals surface area contributed by atoms with Crippen LogP contribution in [0.3, 0.4) is 0 Å². The summed E-state index contributed by atoms with van der Waals surface area (Å²) in [6.45, 7) is 29.0. The van der Waals surface area contributed by atoms with Gasteiger partial charge in [-0.2, -0.15) is 0 Å². The van der Waals surface area contributed by atoms with Crippen molar-refractivity contribution < 1.29 is 9.05 Å². The standard InChI is InChI=1S/C29H45O2P/c1-26(2,3)20-14-16-24(22(18-20)28(7,8)9)30-32(13)31-25-17-15-21(27(4,5)6)19-23(25)29(10,11)12/h14-19H,1-13H3. The molecule has 0 aromatic heterocycles. The van der Waals surface area contributed by atoms with Gasteiger partial charge in [-0.15, -0.1) is 0 Å². The number of benzene rings is 2. The van der Waals surface area contributed by atoms with Crippen LogP contribution < -0.4 is 9.05 Å². The molecule has 0 N–H and O–H groups in total. The van der Waals surface area contributed by atoms with Crippen LogP contribution in [0.15, 0.2) is 36.4 Å². The summed E-state index contributed by atoms with van der Waals surface area (Å²) in [7, 11) is -1.14. The summed E-state index contributed by atoms with van der Waals surface area (Å²) in [5, 5.41) is 0. The lowest BCUT2D eigenvalue weighted by Crippen LogP contribution is -2.18. The minimum Gasteiger partial charge on any atom is -0.438 e. The lowest BCUT2D eigenvalue weighted by molar-refractivity contribution is 0.463. The molecule has 0 saturated heterocycles. The largest absolute Gasteiger partial charge is 0.438 e. The Morgan fingerprint density at radius 3 is 1.06 bits per heavy atom. The fourth-order valence-electron chi connectivity index (χ4n) is 3.62. The molecule has 0 unspecified atom stereocenters. The zero-order chi connectivity index (χ0) is 24.7. The van der Waals surface area contributed by atoms with Crippen molar-refractivity contribution in [2.45, 2.75) is 105 Å². The van der Waals surface area contributed by atoms with Gasteiger partial charge in [-0.05, 0) is 44.9 Å². The lowest BCUT2D eigenvalue weighted by atomic mass is 9.80. The molecule has 2 nitrogen and oxygen atoms in total. The fourth-order valence-corrected chi connectivity index (χ4v) is 4.53. The van der Waals surface area contributed by atoms with Gasteiger partial charge in [-0.25, -0.2) is 0 Å². The van der Waals surface area contributed by atoms with E-state index in [1.165, 1.54) is 22.3 Å². The molecule has 178 valence electrons. The van der Waals surface area contributed by atoms with Crippen molar-refractivity contribution in [3.8, 4) is 11.5 Å². The molecule has 0 radical (unpaired) electrons. The van der Waals surface area contributed by atoms with Crippen LogP contribution in [0.5, 0.6) is 11.5 Å². The summed E-state index contributed by atoms with van der Waals surface area (Å²) < 4.78 is 12.9. The minimum atomic E-state index is -1.14. The Balaban J connectivity index is 2.38. The highest BCUT2D eigenvalue weighted by molar-refractivity contribution is 7.47. The zero-order valence-electron chi connectivity index (χ0n) is 22.7. The third kappa shape index (κ3) is 6.74. The quantitative estimate of drug-likeness (QED) is 0.427. The Labute approximate surface area is 199 Å². The molecule has 0 atom stereocenters. The van der Waals surface area contributed by atoms with Crippen LogP contribution in [-0.2, 0) is 21.7 Å². The molecular formula is C29H45O2P. The van der Waals surface area contributed by atoms with Crippen LogP contribution in [-0.4, -0.2) is 6.66 Å². The first-order chi connectivity index (χ1) is 14.3. The van der Waals surface area contributed by atoms with Crippen LogP contribution in [0.25, 0.3) is 0 Å². The molecule has 0 heterocycles. The van der Waals surface area contributed by atoms with Crippen molar-refractivity contribution >= 4 is 8.38 Å². The second-order valence-electron chi connectivity index (χ2n) is 13.0. The Kier molecular flexibility index (Phi) is 7.53. The Bertz CT molecular complexity index is 854. The van der Waals surface area contributed by atoms with E-state index in [9.17, 15) is 0 Å². The van der Waals surface area contributed by atoms with Gasteiger partial charge in [0.25, 0.3) is 8.38 Å². The van der Waals surface area contributed by atoms with Crippen molar-refractivity contribution in [1.82, 2.24) is 0 Å². The first-order valence-corrected chi connectivity index (χ1v) is 13.3. The monoisotopic (exact) mass is 456 g/mol. The molecule has 0 fully saturated rings. The Hall–Kier alpha value is -1.53. The van der Waals surface area contributed by atoms with E-state index < -0.39 is 8.38 Å². The van der Waals surface area contributed by atoms with E-state index in [0.717, 1.165) is 11.5 Å². The SMILES string of the molecule is CP(Oc1ccc(C(C)(C)C)cc1C(C)(C)C)Oc1ccc(C(C)(C)C)cc1C(C)(C)C. The zero-order valence-corrected chi connectivity index (χ0v) is 23.6. The van der Waals surface area contributed by atoms with Crippen LogP contribution in [0.1, 0.15) is 105 Å². The first kappa shape index (κ1) is 26.7. The second-order valence-corrected chi connectivity index (χ2v) is 14.3. The predicted octanol–water partition coefficient (Wildman–Crippen LogP) is 9.28. The molecule has 0 saturated carbocycles. The fraction of sp³-hybridized carbons (Fsp3) is 0.586. The predicted molar refractivity (Wildman–Crippen MR) is 142 cm³/mol. The Morgan fingerprint density at radius 2 is 0.812 bits per heavy atom. The molecule has 0 aliphatic carbocycles. The normalized spacial score (nSPS) is 13.4. The molecule has 0 aliphatic heterocycles. The maximum atomic E-state index is 6.45. The topological polar surface area (TPSA) is 18.5 Å². The van der Waals surface area contributed by atoms with Gasteiger partial charge in [0, 0.05) is 17.8 Å². The minimum absolute atomic E-state index is 0.0162. The van der Waals surface area contributed by atoms with Gasteiger partial charge in [0.05, 0.1) is 0 Å². The van der Waals surface area contributed by atoms with Crippen molar-refractivity contribution in [3.05, 3.63) is 58.7 Å². The van der Waals surface area contributed by atoms with Gasteiger partial charge < -0.3 is 9.05 Å². The van der Waals surface area contributed by atoms with Crippen LogP contribution in [0.4, 0.5) is 0 Å². The summed E-state index contributed by atoms with van der Waals surface area (Å²) in [4.78, 5) is 0. The second kappa shape index (κ2) is 9.02. The average molecular weight is 457 g/mol. The number of hydrogen-bond donors (Lipinski definition) is 0. The van der Waals surface area contributed by atoms with E-state index in [1.807, 2.05) is 6.66 Å². The number of hydrogen-bond acceptors (Lipinski definition) is 2. The highest BCUT2D eigenvalue weighted by Crippen LogP contribution is 2.45. The molecule has 0 bridgehead atoms. The van der Waals surface area contributed by atoms with Crippen molar-refractivity contribution in [1.29, 1.82) is 0 Å². The van der Waals surface area contributed by atoms with Gasteiger partial charge in [-0.1, -0.05) is 107 Å². The van der Waals surface area contributed by atoms with Crippen molar-refractivity contribution in [2.24, 2.45) is 0 Å². The van der Waals surface area contributed by atoms with Crippen molar-refractivity contribution in [2.75, 3.05) is 6.66 Å². The summed E-state index contributed by atoms with van der Waals surface area (Å²) in [5.41, 5.74) is 5.26. The molecule has 2 aromatic rings. The summed E-state index contributed by atoms with van der Waals surface area (Å²) >= 11 is 0. The van der Waals surface area contributed by atoms with Gasteiger partial charge in [0.15, 0.2) is 0 Å². The average Bonchev–Trinajstić information content (AvgIpc) is 2.58. The highest BCUT2D eigenvalue weighted by atomic mass is 31.2. The van der Waals surface area contributed by atoms with E-state index in [1.54, 1.807) is 0 Å². The van der Waals surface area contributed by atoms with Gasteiger partial charge in [0.1, 0.15) is 11.5 Å². The van der Waals surface area contributed by atoms with Crippen LogP contribution >= 0.6 is 8.38 Å². The molecular weight excluding hydrogens is 411 g/mol. The molecule has 0 aliphatic rings. The summed E-state index contributed by atoms with van der Waals surface area (Å²) in [5.74, 6) is 1.84. The smallest absolute Gasteiger partial charge is 0.286 e. The molecule has 2 aromatic carbocycles. The molecule has 3 heteroatoms. The third-order valence-electron chi connectivity index (χ3n) is 5.76. The van der Waals surface area contributed by atoms with E-state index in [4.69, 9.17) is 9.05 Å². The molecule has 32 heavy (non-hydrogen) atoms. The van der Waals surface area contributed by atoms with Gasteiger partial charge >= 0.3 is 0 Å². The van der Waals surface area contributed by atoms with Crippen molar-refractivity contribution in [3.63, 3.8) is 0 Å².